The lowest BCUT2D eigenvalue weighted by Crippen LogP contribution is -2.33. The number of aromatic nitrogens is 2. The lowest BCUT2D eigenvalue weighted by Gasteiger charge is -2.24. The average molecular weight is 401 g/mol. The first kappa shape index (κ1) is 19.4. The third-order valence-electron chi connectivity index (χ3n) is 5.26. The number of nitrogens with zero attached hydrogens (tertiary/aromatic N) is 4. The van der Waals surface area contributed by atoms with Gasteiger partial charge in [-0.25, -0.2) is 4.68 Å². The van der Waals surface area contributed by atoms with Gasteiger partial charge in [0.1, 0.15) is 6.07 Å². The number of hydrogen-bond donors (Lipinski definition) is 1. The van der Waals surface area contributed by atoms with Crippen LogP contribution in [0.3, 0.4) is 0 Å². The summed E-state index contributed by atoms with van der Waals surface area (Å²) in [6, 6.07) is 14.2. The van der Waals surface area contributed by atoms with Crippen LogP contribution in [0.2, 0.25) is 0 Å². The smallest absolute Gasteiger partial charge is 0.270 e. The van der Waals surface area contributed by atoms with Crippen molar-refractivity contribution in [2.24, 2.45) is 5.73 Å². The Kier molecular flexibility index (Phi) is 4.60. The van der Waals surface area contributed by atoms with Gasteiger partial charge in [-0.1, -0.05) is 18.2 Å². The van der Waals surface area contributed by atoms with Gasteiger partial charge in [0.15, 0.2) is 6.23 Å². The summed E-state index contributed by atoms with van der Waals surface area (Å²) in [4.78, 5) is 10.8. The molecule has 2 aromatic carbocycles. The highest BCUT2D eigenvalue weighted by Gasteiger charge is 2.33. The minimum Gasteiger partial charge on any atom is -0.453 e. The Morgan fingerprint density at radius 3 is 2.63 bits per heavy atom. The molecule has 0 bridgehead atoms. The first-order valence-electron chi connectivity index (χ1n) is 9.30. The van der Waals surface area contributed by atoms with E-state index >= 15 is 0 Å². The molecule has 3 aromatic rings. The molecule has 0 saturated carbocycles. The Hall–Kier alpha value is -3.96. The monoisotopic (exact) mass is 401 g/mol. The summed E-state index contributed by atoms with van der Waals surface area (Å²) in [5, 5.41) is 25.6. The first-order chi connectivity index (χ1) is 14.3. The Labute approximate surface area is 173 Å². The maximum Gasteiger partial charge on any atom is 0.270 e. The molecule has 8 heteroatoms. The molecular weight excluding hydrogens is 382 g/mol. The van der Waals surface area contributed by atoms with E-state index in [4.69, 9.17) is 10.5 Å². The van der Waals surface area contributed by atoms with Crippen LogP contribution in [0.4, 0.5) is 5.69 Å². The second-order valence-corrected chi connectivity index (χ2v) is 7.19. The maximum atomic E-state index is 11.3. The van der Waals surface area contributed by atoms with Crippen LogP contribution < -0.4 is 10.5 Å². The second-order valence-electron chi connectivity index (χ2n) is 7.19. The molecule has 2 heterocycles. The van der Waals surface area contributed by atoms with Gasteiger partial charge in [0.2, 0.25) is 5.88 Å². The molecule has 0 fully saturated rings. The van der Waals surface area contributed by atoms with Gasteiger partial charge in [-0.2, -0.15) is 10.4 Å². The van der Waals surface area contributed by atoms with Gasteiger partial charge in [-0.3, -0.25) is 15.8 Å². The molecule has 2 N–H and O–H groups in total. The fraction of sp³-hybridized carbons (Fsp3) is 0.182. The summed E-state index contributed by atoms with van der Waals surface area (Å²) in [5.74, 6) is 0.406. The number of rotatable bonds is 3. The minimum atomic E-state index is -1.02. The molecule has 1 aromatic heterocycles. The number of nitrogens with two attached hydrogens (primary N) is 1. The highest BCUT2D eigenvalue weighted by Crippen LogP contribution is 2.42. The summed E-state index contributed by atoms with van der Waals surface area (Å²) in [7, 11) is 0. The van der Waals surface area contributed by atoms with Gasteiger partial charge in [-0.05, 0) is 49.6 Å². The van der Waals surface area contributed by atoms with E-state index < -0.39 is 11.2 Å². The molecule has 0 spiro atoms. The Morgan fingerprint density at radius 1 is 1.20 bits per heavy atom. The standard InChI is InChI=1S/C22H19N5O3/c1-12-7-8-16(9-13(12)2)26-22-19(14(3)25-26)20(18(11-23)21(24)30-22)15-5-4-6-17(10-15)27(28)29/h4-10,21H,24H2,1-3H3. The van der Waals surface area contributed by atoms with Crippen LogP contribution in [0.25, 0.3) is 11.3 Å². The number of fused-ring (bicyclic) bond motifs is 1. The van der Waals surface area contributed by atoms with E-state index in [0.717, 1.165) is 16.8 Å². The van der Waals surface area contributed by atoms with Crippen LogP contribution in [-0.2, 0) is 0 Å². The molecule has 8 nitrogen and oxygen atoms in total. The predicted octanol–water partition coefficient (Wildman–Crippen LogP) is 3.71. The molecule has 1 aliphatic heterocycles. The van der Waals surface area contributed by atoms with Gasteiger partial charge in [0.25, 0.3) is 5.69 Å². The molecule has 150 valence electrons. The lowest BCUT2D eigenvalue weighted by atomic mass is 9.91. The van der Waals surface area contributed by atoms with Crippen molar-refractivity contribution in [3.63, 3.8) is 0 Å². The summed E-state index contributed by atoms with van der Waals surface area (Å²) < 4.78 is 7.56. The number of nitro benzene ring substituents is 1. The number of aryl methyl sites for hydroxylation is 3. The normalized spacial score (nSPS) is 15.4. The van der Waals surface area contributed by atoms with Crippen LogP contribution in [0.15, 0.2) is 48.0 Å². The zero-order valence-electron chi connectivity index (χ0n) is 16.7. The SMILES string of the molecule is Cc1ccc(-n2nc(C)c3c2OC(N)C(C#N)=C3c2cccc([N+](=O)[O-])c2)cc1C. The summed E-state index contributed by atoms with van der Waals surface area (Å²) in [6.45, 7) is 5.84. The van der Waals surface area contributed by atoms with Gasteiger partial charge in [0.05, 0.1) is 27.4 Å². The molecular formula is C22H19N5O3. The molecule has 1 atom stereocenters. The van der Waals surface area contributed by atoms with E-state index in [1.807, 2.05) is 39.0 Å². The molecule has 0 amide bonds. The third kappa shape index (κ3) is 3.02. The average Bonchev–Trinajstić information content (AvgIpc) is 3.05. The summed E-state index contributed by atoms with van der Waals surface area (Å²) >= 11 is 0. The number of nitriles is 1. The zero-order valence-corrected chi connectivity index (χ0v) is 16.7. The molecule has 30 heavy (non-hydrogen) atoms. The summed E-state index contributed by atoms with van der Waals surface area (Å²) in [6.07, 6.45) is -1.02. The van der Waals surface area contributed by atoms with E-state index in [2.05, 4.69) is 11.2 Å². The van der Waals surface area contributed by atoms with Gasteiger partial charge >= 0.3 is 0 Å². The molecule has 0 radical (unpaired) electrons. The van der Waals surface area contributed by atoms with E-state index in [1.54, 1.807) is 16.8 Å². The van der Waals surface area contributed by atoms with E-state index in [1.165, 1.54) is 12.1 Å². The number of nitro groups is 1. The van der Waals surface area contributed by atoms with Crippen molar-refractivity contribution in [3.8, 4) is 17.6 Å². The second kappa shape index (κ2) is 7.13. The Bertz CT molecular complexity index is 1270. The quantitative estimate of drug-likeness (QED) is 0.528. The lowest BCUT2D eigenvalue weighted by molar-refractivity contribution is -0.384. The fourth-order valence-corrected chi connectivity index (χ4v) is 3.59. The first-order valence-corrected chi connectivity index (χ1v) is 9.30. The molecule has 1 aliphatic rings. The van der Waals surface area contributed by atoms with Gasteiger partial charge in [0, 0.05) is 17.7 Å². The Balaban J connectivity index is 1.98. The molecule has 1 unspecified atom stereocenters. The largest absolute Gasteiger partial charge is 0.453 e. The van der Waals surface area contributed by atoms with E-state index in [-0.39, 0.29) is 11.3 Å². The fourth-order valence-electron chi connectivity index (χ4n) is 3.59. The van der Waals surface area contributed by atoms with Gasteiger partial charge in [-0.15, -0.1) is 0 Å². The topological polar surface area (TPSA) is 120 Å². The molecule has 0 saturated heterocycles. The van der Waals surface area contributed by atoms with Crippen molar-refractivity contribution in [1.29, 1.82) is 5.26 Å². The highest BCUT2D eigenvalue weighted by atomic mass is 16.6. The highest BCUT2D eigenvalue weighted by molar-refractivity contribution is 5.89. The van der Waals surface area contributed by atoms with E-state index in [9.17, 15) is 15.4 Å². The minimum absolute atomic E-state index is 0.0712. The van der Waals surface area contributed by atoms with Crippen molar-refractivity contribution in [2.75, 3.05) is 0 Å². The van der Waals surface area contributed by atoms with Crippen molar-refractivity contribution in [2.45, 2.75) is 27.0 Å². The maximum absolute atomic E-state index is 11.3. The summed E-state index contributed by atoms with van der Waals surface area (Å²) in [5.41, 5.74) is 11.6. The third-order valence-corrected chi connectivity index (χ3v) is 5.26. The van der Waals surface area contributed by atoms with Crippen LogP contribution in [0.1, 0.15) is 27.9 Å². The van der Waals surface area contributed by atoms with Crippen LogP contribution in [0, 0.1) is 42.2 Å². The van der Waals surface area contributed by atoms with Crippen LogP contribution >= 0.6 is 0 Å². The van der Waals surface area contributed by atoms with Crippen molar-refractivity contribution < 1.29 is 9.66 Å². The van der Waals surface area contributed by atoms with E-state index in [0.29, 0.717) is 28.3 Å². The zero-order chi connectivity index (χ0) is 21.6. The van der Waals surface area contributed by atoms with Crippen molar-refractivity contribution in [1.82, 2.24) is 9.78 Å². The van der Waals surface area contributed by atoms with Crippen molar-refractivity contribution in [3.05, 3.63) is 86.1 Å². The number of non-ortho nitro benzene ring substituents is 1. The molecule has 0 aliphatic carbocycles. The van der Waals surface area contributed by atoms with Crippen LogP contribution in [0.5, 0.6) is 5.88 Å². The Morgan fingerprint density at radius 2 is 1.97 bits per heavy atom. The number of ether oxygens (including phenoxy) is 1. The van der Waals surface area contributed by atoms with Crippen LogP contribution in [-0.4, -0.2) is 20.9 Å². The predicted molar refractivity (Wildman–Crippen MR) is 111 cm³/mol. The number of benzene rings is 2. The molecule has 4 rings (SSSR count). The number of hydrogen-bond acceptors (Lipinski definition) is 6. The van der Waals surface area contributed by atoms with Gasteiger partial charge < -0.3 is 4.74 Å². The van der Waals surface area contributed by atoms with Crippen molar-refractivity contribution >= 4 is 11.3 Å².